The third kappa shape index (κ3) is 2.88. The normalized spacial score (nSPS) is 10.2. The van der Waals surface area contributed by atoms with Crippen molar-refractivity contribution in [3.63, 3.8) is 0 Å². The molecule has 1 heterocycles. The number of nitrogens with two attached hydrogens (primary N) is 1. The molecule has 0 radical (unpaired) electrons. The van der Waals surface area contributed by atoms with Crippen LogP contribution in [0.2, 0.25) is 5.02 Å². The minimum Gasteiger partial charge on any atom is -0.396 e. The minimum absolute atomic E-state index is 0.678. The molecule has 88 valence electrons. The van der Waals surface area contributed by atoms with Crippen molar-refractivity contribution in [2.75, 3.05) is 11.1 Å². The van der Waals surface area contributed by atoms with Crippen LogP contribution in [0.25, 0.3) is 0 Å². The molecule has 1 aromatic heterocycles. The zero-order valence-corrected chi connectivity index (χ0v) is 10.3. The number of benzene rings is 1. The highest BCUT2D eigenvalue weighted by molar-refractivity contribution is 6.30. The Balaban J connectivity index is 2.07. The number of rotatable bonds is 3. The zero-order chi connectivity index (χ0) is 12.3. The predicted octanol–water partition coefficient (Wildman–Crippen LogP) is 3.24. The largest absolute Gasteiger partial charge is 0.396 e. The van der Waals surface area contributed by atoms with E-state index >= 15 is 0 Å². The Hall–Kier alpha value is -1.74. The first-order valence-electron chi connectivity index (χ1n) is 5.36. The van der Waals surface area contributed by atoms with Crippen LogP contribution in [0.5, 0.6) is 0 Å². The van der Waals surface area contributed by atoms with Crippen molar-refractivity contribution >= 4 is 23.1 Å². The maximum Gasteiger partial charge on any atom is 0.149 e. The van der Waals surface area contributed by atoms with E-state index in [1.54, 1.807) is 6.20 Å². The summed E-state index contributed by atoms with van der Waals surface area (Å²) >= 11 is 5.82. The maximum atomic E-state index is 5.92. The van der Waals surface area contributed by atoms with Crippen molar-refractivity contribution < 1.29 is 0 Å². The highest BCUT2D eigenvalue weighted by Crippen LogP contribution is 2.19. The van der Waals surface area contributed by atoms with Crippen molar-refractivity contribution in [3.8, 4) is 0 Å². The summed E-state index contributed by atoms with van der Waals surface area (Å²) in [6.45, 7) is 2.64. The van der Waals surface area contributed by atoms with Gasteiger partial charge in [-0.3, -0.25) is 0 Å². The lowest BCUT2D eigenvalue weighted by molar-refractivity contribution is 1.11. The summed E-state index contributed by atoms with van der Waals surface area (Å²) in [5.74, 6) is 0.722. The van der Waals surface area contributed by atoms with Crippen LogP contribution in [0.4, 0.5) is 11.5 Å². The van der Waals surface area contributed by atoms with E-state index in [1.165, 1.54) is 0 Å². The summed E-state index contributed by atoms with van der Waals surface area (Å²) in [6.07, 6.45) is 1.75. The number of nitrogens with one attached hydrogen (secondary N) is 1. The summed E-state index contributed by atoms with van der Waals surface area (Å²) in [5.41, 5.74) is 8.78. The Morgan fingerprint density at radius 1 is 1.24 bits per heavy atom. The molecule has 3 N–H and O–H groups in total. The number of aryl methyl sites for hydroxylation is 1. The van der Waals surface area contributed by atoms with E-state index in [0.29, 0.717) is 12.2 Å². The molecule has 0 atom stereocenters. The van der Waals surface area contributed by atoms with E-state index in [4.69, 9.17) is 17.3 Å². The molecule has 0 aliphatic heterocycles. The van der Waals surface area contributed by atoms with Gasteiger partial charge in [0.1, 0.15) is 5.82 Å². The fourth-order valence-corrected chi connectivity index (χ4v) is 1.62. The Kier molecular flexibility index (Phi) is 3.49. The van der Waals surface area contributed by atoms with E-state index in [9.17, 15) is 0 Å². The fraction of sp³-hybridized carbons (Fsp3) is 0.154. The first kappa shape index (κ1) is 11.7. The average Bonchev–Trinajstić information content (AvgIpc) is 2.33. The molecule has 4 heteroatoms. The summed E-state index contributed by atoms with van der Waals surface area (Å²) in [4.78, 5) is 4.21. The number of anilines is 2. The van der Waals surface area contributed by atoms with Gasteiger partial charge >= 0.3 is 0 Å². The molecular formula is C13H14ClN3. The van der Waals surface area contributed by atoms with Gasteiger partial charge in [0.2, 0.25) is 0 Å². The van der Waals surface area contributed by atoms with Crippen LogP contribution >= 0.6 is 11.6 Å². The standard InChI is InChI=1S/C13H14ClN3/c1-9-6-7-16-13(12(9)15)17-8-10-2-4-11(14)5-3-10/h2-7H,8,15H2,1H3,(H,16,17). The van der Waals surface area contributed by atoms with Gasteiger partial charge in [0.15, 0.2) is 0 Å². The molecule has 0 fully saturated rings. The van der Waals surface area contributed by atoms with Crippen LogP contribution < -0.4 is 11.1 Å². The number of pyridine rings is 1. The molecule has 0 amide bonds. The van der Waals surface area contributed by atoms with Crippen LogP contribution in [0.1, 0.15) is 11.1 Å². The van der Waals surface area contributed by atoms with Crippen molar-refractivity contribution in [1.82, 2.24) is 4.98 Å². The number of hydrogen-bond donors (Lipinski definition) is 2. The van der Waals surface area contributed by atoms with Crippen LogP contribution in [-0.4, -0.2) is 4.98 Å². The topological polar surface area (TPSA) is 50.9 Å². The van der Waals surface area contributed by atoms with Gasteiger partial charge in [-0.05, 0) is 36.2 Å². The number of nitrogens with zero attached hydrogens (tertiary/aromatic N) is 1. The Morgan fingerprint density at radius 3 is 2.65 bits per heavy atom. The Morgan fingerprint density at radius 2 is 1.94 bits per heavy atom. The molecule has 2 rings (SSSR count). The molecule has 0 unspecified atom stereocenters. The average molecular weight is 248 g/mol. The first-order chi connectivity index (χ1) is 8.16. The second kappa shape index (κ2) is 5.06. The van der Waals surface area contributed by atoms with Crippen LogP contribution in [0, 0.1) is 6.92 Å². The van der Waals surface area contributed by atoms with E-state index in [1.807, 2.05) is 37.3 Å². The molecule has 0 aliphatic carbocycles. The summed E-state index contributed by atoms with van der Waals surface area (Å²) < 4.78 is 0. The molecule has 0 aliphatic rings. The Labute approximate surface area is 106 Å². The number of halogens is 1. The summed E-state index contributed by atoms with van der Waals surface area (Å²) in [5, 5.41) is 3.95. The molecule has 17 heavy (non-hydrogen) atoms. The first-order valence-corrected chi connectivity index (χ1v) is 5.74. The molecule has 2 aromatic rings. The minimum atomic E-state index is 0.678. The number of hydrogen-bond acceptors (Lipinski definition) is 3. The summed E-state index contributed by atoms with van der Waals surface area (Å²) in [7, 11) is 0. The van der Waals surface area contributed by atoms with Gasteiger partial charge in [-0.15, -0.1) is 0 Å². The second-order valence-corrected chi connectivity index (χ2v) is 4.31. The van der Waals surface area contributed by atoms with Gasteiger partial charge in [-0.2, -0.15) is 0 Å². The third-order valence-corrected chi connectivity index (χ3v) is 2.83. The van der Waals surface area contributed by atoms with E-state index in [0.717, 1.165) is 22.0 Å². The van der Waals surface area contributed by atoms with Gasteiger partial charge in [0, 0.05) is 17.8 Å². The molecule has 1 aromatic carbocycles. The maximum absolute atomic E-state index is 5.92. The molecule has 0 spiro atoms. The molecule has 0 saturated carbocycles. The predicted molar refractivity (Wildman–Crippen MR) is 72.2 cm³/mol. The monoisotopic (exact) mass is 247 g/mol. The van der Waals surface area contributed by atoms with Crippen LogP contribution in [-0.2, 0) is 6.54 Å². The van der Waals surface area contributed by atoms with Crippen molar-refractivity contribution in [1.29, 1.82) is 0 Å². The Bertz CT molecular complexity index is 509. The van der Waals surface area contributed by atoms with Gasteiger partial charge in [-0.1, -0.05) is 23.7 Å². The summed E-state index contributed by atoms with van der Waals surface area (Å²) in [6, 6.07) is 9.57. The molecule has 3 nitrogen and oxygen atoms in total. The second-order valence-electron chi connectivity index (χ2n) is 3.87. The fourth-order valence-electron chi connectivity index (χ4n) is 1.50. The SMILES string of the molecule is Cc1ccnc(NCc2ccc(Cl)cc2)c1N. The van der Waals surface area contributed by atoms with E-state index in [2.05, 4.69) is 10.3 Å². The third-order valence-electron chi connectivity index (χ3n) is 2.58. The van der Waals surface area contributed by atoms with Gasteiger partial charge in [0.05, 0.1) is 5.69 Å². The molecule has 0 bridgehead atoms. The smallest absolute Gasteiger partial charge is 0.149 e. The highest BCUT2D eigenvalue weighted by atomic mass is 35.5. The van der Waals surface area contributed by atoms with E-state index < -0.39 is 0 Å². The van der Waals surface area contributed by atoms with Crippen molar-refractivity contribution in [2.24, 2.45) is 0 Å². The van der Waals surface area contributed by atoms with Gasteiger partial charge in [0.25, 0.3) is 0 Å². The quantitative estimate of drug-likeness (QED) is 0.876. The molecule has 0 saturated heterocycles. The van der Waals surface area contributed by atoms with Gasteiger partial charge in [-0.25, -0.2) is 4.98 Å². The lowest BCUT2D eigenvalue weighted by Crippen LogP contribution is -2.05. The van der Waals surface area contributed by atoms with Crippen LogP contribution in [0.3, 0.4) is 0 Å². The highest BCUT2D eigenvalue weighted by Gasteiger charge is 2.02. The number of nitrogen functional groups attached to an aromatic ring is 1. The number of aromatic nitrogens is 1. The lowest BCUT2D eigenvalue weighted by atomic mass is 10.2. The van der Waals surface area contributed by atoms with Crippen molar-refractivity contribution in [3.05, 3.63) is 52.7 Å². The van der Waals surface area contributed by atoms with E-state index in [-0.39, 0.29) is 0 Å². The molecular weight excluding hydrogens is 234 g/mol. The lowest BCUT2D eigenvalue weighted by Gasteiger charge is -2.09. The van der Waals surface area contributed by atoms with Crippen molar-refractivity contribution in [2.45, 2.75) is 13.5 Å². The van der Waals surface area contributed by atoms with Crippen LogP contribution in [0.15, 0.2) is 36.5 Å². The zero-order valence-electron chi connectivity index (χ0n) is 9.57. The van der Waals surface area contributed by atoms with Gasteiger partial charge < -0.3 is 11.1 Å².